The molecule has 21 N–H and O–H groups in total. The number of aliphatic carboxylic acids is 1. The number of primary amides is 1. The average Bonchev–Trinajstić information content (AvgIpc) is 3.54. The predicted octanol–water partition coefficient (Wildman–Crippen LogP) is -6.61. The van der Waals surface area contributed by atoms with E-state index < -0.39 is 85.4 Å². The Morgan fingerprint density at radius 3 is 1.91 bits per heavy atom. The Balaban J connectivity index is 1.85. The number of carboxylic acid groups (broad SMARTS) is 1. The van der Waals surface area contributed by atoms with Gasteiger partial charge in [-0.1, -0.05) is 0 Å². The number of guanidine groups is 1. The lowest BCUT2D eigenvalue weighted by atomic mass is 9.95. The molecule has 54 heavy (non-hydrogen) atoms. The van der Waals surface area contributed by atoms with Crippen LogP contribution in [-0.4, -0.2) is 156 Å². The third-order valence-corrected chi connectivity index (χ3v) is 8.85. The summed E-state index contributed by atoms with van der Waals surface area (Å²) in [6, 6.07) is -5.28. The number of nitrogens with two attached hydrogens (primary N) is 6. The summed E-state index contributed by atoms with van der Waals surface area (Å²) in [5, 5.41) is 54.3. The van der Waals surface area contributed by atoms with Crippen LogP contribution in [-0.2, 0) is 28.7 Å². The lowest BCUT2D eigenvalue weighted by molar-refractivity contribution is -0.198. The minimum Gasteiger partial charge on any atom is -0.480 e. The lowest BCUT2D eigenvalue weighted by Crippen LogP contribution is -2.69. The summed E-state index contributed by atoms with van der Waals surface area (Å²) in [5.74, 6) is -2.60. The van der Waals surface area contributed by atoms with Crippen molar-refractivity contribution in [2.24, 2.45) is 39.4 Å². The second-order valence-electron chi connectivity index (χ2n) is 13.4. The first-order valence-corrected chi connectivity index (χ1v) is 18.0. The highest BCUT2D eigenvalue weighted by atomic mass is 16.6. The molecule has 0 saturated carbocycles. The normalized spacial score (nSPS) is 25.9. The van der Waals surface area contributed by atoms with Crippen molar-refractivity contribution in [1.82, 2.24) is 26.6 Å². The molecule has 2 aliphatic heterocycles. The number of aliphatic imine (C=N–C) groups is 1. The van der Waals surface area contributed by atoms with Crippen molar-refractivity contribution in [2.45, 2.75) is 125 Å². The molecule has 310 valence electrons. The fraction of sp³-hybridized carbons (Fsp3) is 0.806. The fourth-order valence-electron chi connectivity index (χ4n) is 6.01. The largest absolute Gasteiger partial charge is 0.480 e. The summed E-state index contributed by atoms with van der Waals surface area (Å²) >= 11 is 0. The summed E-state index contributed by atoms with van der Waals surface area (Å²) in [5.41, 5.74) is 34.2. The molecule has 0 radical (unpaired) electrons. The number of nitrogens with one attached hydrogen (secondary N) is 5. The zero-order chi connectivity index (χ0) is 40.4. The Morgan fingerprint density at radius 2 is 1.43 bits per heavy atom. The van der Waals surface area contributed by atoms with Crippen molar-refractivity contribution in [3.05, 3.63) is 0 Å². The first-order valence-electron chi connectivity index (χ1n) is 18.0. The van der Waals surface area contributed by atoms with E-state index in [1.165, 1.54) is 0 Å². The number of carboxylic acids is 1. The molecule has 1 saturated heterocycles. The van der Waals surface area contributed by atoms with Gasteiger partial charge in [0, 0.05) is 57.0 Å². The van der Waals surface area contributed by atoms with Crippen molar-refractivity contribution in [3.63, 3.8) is 0 Å². The Bertz CT molecular complexity index is 1250. The standard InChI is InChI=1S/C31H60N12O11/c32-7-1-4-15(34)10-20(46)38-8-2-5-16(35)11-21(47)39-9-3-6-17(36)12-22(48)40-25-26(49)27(54-30(37)52)19(14-44)53-28(25)43-31-41-23(18(45)13-33)24(42-31)29(50)51/h15-19,23-28,44-45,49H,1-14,32-36H2,(H2,37,52)(H,38,46)(H,39,47)(H,40,48)(H,50,51)(H2,41,42,43). The number of nitrogens with zero attached hydrogens (tertiary/aromatic N) is 1. The molecule has 0 spiro atoms. The maximum absolute atomic E-state index is 13.1. The highest BCUT2D eigenvalue weighted by Gasteiger charge is 2.49. The molecule has 4 amide bonds. The quantitative estimate of drug-likeness (QED) is 0.0405. The van der Waals surface area contributed by atoms with Crippen molar-refractivity contribution in [2.75, 3.05) is 32.8 Å². The molecule has 23 heteroatoms. The number of hydrogen-bond acceptors (Lipinski definition) is 18. The molecule has 2 heterocycles. The van der Waals surface area contributed by atoms with Crippen LogP contribution in [0.4, 0.5) is 4.79 Å². The van der Waals surface area contributed by atoms with E-state index >= 15 is 0 Å². The smallest absolute Gasteiger partial charge is 0.404 e. The number of hydrogen-bond donors (Lipinski definition) is 15. The van der Waals surface area contributed by atoms with Crippen LogP contribution in [0.5, 0.6) is 0 Å². The molecular formula is C31H60N12O11. The van der Waals surface area contributed by atoms with Gasteiger partial charge in [-0.2, -0.15) is 0 Å². The molecule has 0 aromatic heterocycles. The first kappa shape index (κ1) is 46.2. The third kappa shape index (κ3) is 15.8. The molecule has 11 unspecified atom stereocenters. The zero-order valence-electron chi connectivity index (χ0n) is 30.3. The van der Waals surface area contributed by atoms with Gasteiger partial charge in [0.15, 0.2) is 24.3 Å². The molecule has 2 rings (SSSR count). The van der Waals surface area contributed by atoms with E-state index in [9.17, 15) is 44.4 Å². The first-order chi connectivity index (χ1) is 25.6. The summed E-state index contributed by atoms with van der Waals surface area (Å²) in [6.07, 6.45) is -5.15. The van der Waals surface area contributed by atoms with Gasteiger partial charge in [0.2, 0.25) is 17.7 Å². The number of carbonyl (C=O) groups is 5. The van der Waals surface area contributed by atoms with Gasteiger partial charge in [0.05, 0.1) is 18.8 Å². The molecular weight excluding hydrogens is 716 g/mol. The highest BCUT2D eigenvalue weighted by molar-refractivity contribution is 5.89. The third-order valence-electron chi connectivity index (χ3n) is 8.85. The second kappa shape index (κ2) is 23.8. The molecule has 11 atom stereocenters. The van der Waals surface area contributed by atoms with Crippen LogP contribution in [0.15, 0.2) is 4.99 Å². The lowest BCUT2D eigenvalue weighted by Gasteiger charge is -2.44. The number of aliphatic hydroxyl groups is 3. The average molecular weight is 777 g/mol. The minimum atomic E-state index is -1.69. The van der Waals surface area contributed by atoms with Crippen molar-refractivity contribution in [3.8, 4) is 0 Å². The number of aliphatic hydroxyl groups excluding tert-OH is 3. The topological polar surface area (TPSA) is 413 Å². The van der Waals surface area contributed by atoms with Gasteiger partial charge in [0.1, 0.15) is 18.2 Å². The van der Waals surface area contributed by atoms with Crippen molar-refractivity contribution < 1.29 is 53.9 Å². The molecule has 0 aliphatic carbocycles. The van der Waals surface area contributed by atoms with Crippen molar-refractivity contribution in [1.29, 1.82) is 0 Å². The SMILES string of the molecule is NCCCC(N)CC(=O)NCCCC(N)CC(=O)NCCCC(N)CC(=O)NC1C(NC2=NC(C(=O)O)C(C(O)CN)N2)OC(CO)C(OC(N)=O)C1O. The maximum atomic E-state index is 13.1. The van der Waals surface area contributed by atoms with E-state index in [4.69, 9.17) is 43.9 Å². The molecule has 0 aromatic rings. The van der Waals surface area contributed by atoms with E-state index in [1.807, 2.05) is 0 Å². The van der Waals surface area contributed by atoms with Crippen LogP contribution >= 0.6 is 0 Å². The molecule has 0 bridgehead atoms. The van der Waals surface area contributed by atoms with Gasteiger partial charge < -0.3 is 90.9 Å². The van der Waals surface area contributed by atoms with Gasteiger partial charge in [-0.05, 0) is 45.1 Å². The van der Waals surface area contributed by atoms with Crippen LogP contribution < -0.4 is 61.0 Å². The van der Waals surface area contributed by atoms with E-state index in [2.05, 4.69) is 31.6 Å². The minimum absolute atomic E-state index is 0.0815. The molecule has 1 fully saturated rings. The Kier molecular flexibility index (Phi) is 20.3. The Labute approximate surface area is 313 Å². The maximum Gasteiger partial charge on any atom is 0.404 e. The van der Waals surface area contributed by atoms with Gasteiger partial charge >= 0.3 is 12.1 Å². The number of carbonyl (C=O) groups excluding carboxylic acids is 4. The summed E-state index contributed by atoms with van der Waals surface area (Å²) < 4.78 is 10.7. The Hall–Kier alpha value is -3.94. The molecule has 2 aliphatic rings. The van der Waals surface area contributed by atoms with Crippen LogP contribution in [0.2, 0.25) is 0 Å². The van der Waals surface area contributed by atoms with Crippen molar-refractivity contribution >= 4 is 35.7 Å². The molecule has 0 aromatic carbocycles. The Morgan fingerprint density at radius 1 is 0.889 bits per heavy atom. The second-order valence-corrected chi connectivity index (χ2v) is 13.4. The predicted molar refractivity (Wildman–Crippen MR) is 193 cm³/mol. The van der Waals surface area contributed by atoms with Crippen LogP contribution in [0.1, 0.15) is 57.8 Å². The van der Waals surface area contributed by atoms with E-state index in [0.29, 0.717) is 45.2 Å². The van der Waals surface area contributed by atoms with Crippen LogP contribution in [0.25, 0.3) is 0 Å². The summed E-state index contributed by atoms with van der Waals surface area (Å²) in [6.45, 7) is 0.173. The summed E-state index contributed by atoms with van der Waals surface area (Å²) in [4.78, 5) is 64.7. The monoisotopic (exact) mass is 776 g/mol. The van der Waals surface area contributed by atoms with Crippen LogP contribution in [0, 0.1) is 0 Å². The van der Waals surface area contributed by atoms with E-state index in [0.717, 1.165) is 6.42 Å². The summed E-state index contributed by atoms with van der Waals surface area (Å²) in [7, 11) is 0. The highest BCUT2D eigenvalue weighted by Crippen LogP contribution is 2.24. The van der Waals surface area contributed by atoms with Gasteiger partial charge in [-0.25, -0.2) is 14.6 Å². The molecule has 23 nitrogen and oxygen atoms in total. The van der Waals surface area contributed by atoms with Gasteiger partial charge in [0.25, 0.3) is 0 Å². The number of rotatable bonds is 24. The van der Waals surface area contributed by atoms with E-state index in [1.54, 1.807) is 0 Å². The van der Waals surface area contributed by atoms with Gasteiger partial charge in [-0.15, -0.1) is 0 Å². The van der Waals surface area contributed by atoms with Gasteiger partial charge in [-0.3, -0.25) is 14.4 Å². The zero-order valence-corrected chi connectivity index (χ0v) is 30.3. The number of amides is 4. The van der Waals surface area contributed by atoms with E-state index in [-0.39, 0.29) is 56.2 Å². The fourth-order valence-corrected chi connectivity index (χ4v) is 6.01. The van der Waals surface area contributed by atoms with Crippen LogP contribution in [0.3, 0.4) is 0 Å². The number of ether oxygens (including phenoxy) is 2.